The number of rotatable bonds is 4. The molecule has 2 fully saturated rings. The molecule has 2 aliphatic rings. The van der Waals surface area contributed by atoms with Crippen molar-refractivity contribution in [3.05, 3.63) is 35.9 Å². The predicted molar refractivity (Wildman–Crippen MR) is 95.0 cm³/mol. The van der Waals surface area contributed by atoms with E-state index in [1.807, 2.05) is 40.1 Å². The second-order valence-corrected chi connectivity index (χ2v) is 7.07. The fourth-order valence-corrected chi connectivity index (χ4v) is 3.77. The van der Waals surface area contributed by atoms with Crippen LogP contribution in [0.1, 0.15) is 18.9 Å². The highest BCUT2D eigenvalue weighted by molar-refractivity contribution is 5.80. The Morgan fingerprint density at radius 1 is 1.12 bits per heavy atom. The SMILES string of the molecule is CC(=O)N1CCN(C(=O)Cc2ccccc2)C(CN2CC[C@H](O)C2)C1. The number of carbonyl (C=O) groups excluding carboxylic acids is 2. The van der Waals surface area contributed by atoms with Crippen LogP contribution < -0.4 is 0 Å². The van der Waals surface area contributed by atoms with E-state index >= 15 is 0 Å². The van der Waals surface area contributed by atoms with E-state index in [0.29, 0.717) is 39.1 Å². The summed E-state index contributed by atoms with van der Waals surface area (Å²) in [6, 6.07) is 9.75. The van der Waals surface area contributed by atoms with Crippen LogP contribution in [0.4, 0.5) is 0 Å². The van der Waals surface area contributed by atoms with Crippen molar-refractivity contribution < 1.29 is 14.7 Å². The fourth-order valence-electron chi connectivity index (χ4n) is 3.77. The molecule has 1 aromatic rings. The Morgan fingerprint density at radius 3 is 2.52 bits per heavy atom. The number of carbonyl (C=O) groups is 2. The van der Waals surface area contributed by atoms with Crippen molar-refractivity contribution in [1.82, 2.24) is 14.7 Å². The van der Waals surface area contributed by atoms with E-state index in [0.717, 1.165) is 18.5 Å². The average Bonchev–Trinajstić information content (AvgIpc) is 3.00. The molecule has 2 aliphatic heterocycles. The molecule has 2 atom stereocenters. The van der Waals surface area contributed by atoms with Gasteiger partial charge in [-0.25, -0.2) is 0 Å². The maximum absolute atomic E-state index is 12.8. The first kappa shape index (κ1) is 17.9. The van der Waals surface area contributed by atoms with Crippen molar-refractivity contribution in [2.75, 3.05) is 39.3 Å². The standard InChI is InChI=1S/C19H27N3O3/c1-15(23)21-9-10-22(19(25)11-16-5-3-2-4-6-16)17(13-21)12-20-8-7-18(24)14-20/h2-6,17-18,24H,7-14H2,1H3/t17?,18-/m0/s1. The topological polar surface area (TPSA) is 64.1 Å². The van der Waals surface area contributed by atoms with E-state index in [1.165, 1.54) is 0 Å². The van der Waals surface area contributed by atoms with Gasteiger partial charge >= 0.3 is 0 Å². The molecule has 6 heteroatoms. The summed E-state index contributed by atoms with van der Waals surface area (Å²) in [6.07, 6.45) is 0.891. The van der Waals surface area contributed by atoms with Gasteiger partial charge in [0.05, 0.1) is 18.6 Å². The third-order valence-corrected chi connectivity index (χ3v) is 5.16. The van der Waals surface area contributed by atoms with Gasteiger partial charge in [0.1, 0.15) is 0 Å². The molecular weight excluding hydrogens is 318 g/mol. The Hall–Kier alpha value is -1.92. The van der Waals surface area contributed by atoms with Crippen LogP contribution in [0.5, 0.6) is 0 Å². The van der Waals surface area contributed by atoms with E-state index in [2.05, 4.69) is 4.90 Å². The summed E-state index contributed by atoms with van der Waals surface area (Å²) < 4.78 is 0. The van der Waals surface area contributed by atoms with Crippen LogP contribution >= 0.6 is 0 Å². The number of hydrogen-bond acceptors (Lipinski definition) is 4. The van der Waals surface area contributed by atoms with Gasteiger partial charge in [-0.3, -0.25) is 14.5 Å². The van der Waals surface area contributed by atoms with E-state index in [4.69, 9.17) is 0 Å². The zero-order chi connectivity index (χ0) is 17.8. The minimum Gasteiger partial charge on any atom is -0.392 e. The number of piperazine rings is 1. The number of amides is 2. The van der Waals surface area contributed by atoms with Gasteiger partial charge in [-0.05, 0) is 12.0 Å². The summed E-state index contributed by atoms with van der Waals surface area (Å²) >= 11 is 0. The van der Waals surface area contributed by atoms with Gasteiger partial charge in [0, 0.05) is 46.2 Å². The molecule has 1 unspecified atom stereocenters. The highest BCUT2D eigenvalue weighted by Crippen LogP contribution is 2.17. The molecule has 0 aromatic heterocycles. The molecule has 25 heavy (non-hydrogen) atoms. The van der Waals surface area contributed by atoms with Crippen molar-refractivity contribution in [3.63, 3.8) is 0 Å². The van der Waals surface area contributed by atoms with Gasteiger partial charge < -0.3 is 14.9 Å². The summed E-state index contributed by atoms with van der Waals surface area (Å²) in [6.45, 7) is 5.53. The lowest BCUT2D eigenvalue weighted by Crippen LogP contribution is -2.59. The number of hydrogen-bond donors (Lipinski definition) is 1. The fraction of sp³-hybridized carbons (Fsp3) is 0.579. The second kappa shape index (κ2) is 7.97. The monoisotopic (exact) mass is 345 g/mol. The molecule has 1 N–H and O–H groups in total. The van der Waals surface area contributed by atoms with Crippen molar-refractivity contribution in [2.45, 2.75) is 31.9 Å². The van der Waals surface area contributed by atoms with Crippen molar-refractivity contribution in [2.24, 2.45) is 0 Å². The molecule has 0 spiro atoms. The summed E-state index contributed by atoms with van der Waals surface area (Å²) in [4.78, 5) is 30.6. The van der Waals surface area contributed by atoms with E-state index in [-0.39, 0.29) is 24.0 Å². The van der Waals surface area contributed by atoms with Crippen LogP contribution in [0.3, 0.4) is 0 Å². The summed E-state index contributed by atoms with van der Waals surface area (Å²) in [7, 11) is 0. The van der Waals surface area contributed by atoms with Crippen molar-refractivity contribution >= 4 is 11.8 Å². The number of aliphatic hydroxyl groups excluding tert-OH is 1. The van der Waals surface area contributed by atoms with Gasteiger partial charge in [0.25, 0.3) is 0 Å². The molecule has 3 rings (SSSR count). The molecule has 0 bridgehead atoms. The summed E-state index contributed by atoms with van der Waals surface area (Å²) in [5.41, 5.74) is 1.01. The molecule has 0 radical (unpaired) electrons. The van der Waals surface area contributed by atoms with Crippen LogP contribution in [0.25, 0.3) is 0 Å². The van der Waals surface area contributed by atoms with Gasteiger partial charge in [-0.15, -0.1) is 0 Å². The maximum Gasteiger partial charge on any atom is 0.227 e. The number of benzene rings is 1. The van der Waals surface area contributed by atoms with Crippen LogP contribution in [0, 0.1) is 0 Å². The second-order valence-electron chi connectivity index (χ2n) is 7.07. The number of aliphatic hydroxyl groups is 1. The van der Waals surface area contributed by atoms with Crippen LogP contribution in [-0.4, -0.2) is 83.0 Å². The zero-order valence-corrected chi connectivity index (χ0v) is 14.8. The van der Waals surface area contributed by atoms with Gasteiger partial charge in [-0.2, -0.15) is 0 Å². The first-order chi connectivity index (χ1) is 12.0. The Balaban J connectivity index is 1.68. The molecule has 6 nitrogen and oxygen atoms in total. The summed E-state index contributed by atoms with van der Waals surface area (Å²) in [5, 5.41) is 9.75. The van der Waals surface area contributed by atoms with Crippen LogP contribution in [0.15, 0.2) is 30.3 Å². The van der Waals surface area contributed by atoms with Crippen LogP contribution in [-0.2, 0) is 16.0 Å². The molecule has 136 valence electrons. The first-order valence-electron chi connectivity index (χ1n) is 9.02. The highest BCUT2D eigenvalue weighted by Gasteiger charge is 2.34. The molecule has 1 aromatic carbocycles. The molecule has 2 saturated heterocycles. The van der Waals surface area contributed by atoms with Crippen LogP contribution in [0.2, 0.25) is 0 Å². The molecule has 2 amide bonds. The lowest BCUT2D eigenvalue weighted by atomic mass is 10.1. The van der Waals surface area contributed by atoms with E-state index in [9.17, 15) is 14.7 Å². The van der Waals surface area contributed by atoms with E-state index in [1.54, 1.807) is 6.92 Å². The van der Waals surface area contributed by atoms with Crippen molar-refractivity contribution in [1.29, 1.82) is 0 Å². The Bertz CT molecular complexity index is 607. The highest BCUT2D eigenvalue weighted by atomic mass is 16.3. The third-order valence-electron chi connectivity index (χ3n) is 5.16. The average molecular weight is 345 g/mol. The van der Waals surface area contributed by atoms with Gasteiger partial charge in [0.15, 0.2) is 0 Å². The molecule has 0 saturated carbocycles. The van der Waals surface area contributed by atoms with Gasteiger partial charge in [0.2, 0.25) is 11.8 Å². The smallest absolute Gasteiger partial charge is 0.227 e. The zero-order valence-electron chi connectivity index (χ0n) is 14.8. The molecule has 2 heterocycles. The number of β-amino-alcohol motifs (C(OH)–C–C–N with tert-alkyl or cyclic N) is 1. The minimum absolute atomic E-state index is 0.0147. The van der Waals surface area contributed by atoms with Crippen molar-refractivity contribution in [3.8, 4) is 0 Å². The molecular formula is C19H27N3O3. The Labute approximate surface area is 149 Å². The largest absolute Gasteiger partial charge is 0.392 e. The number of likely N-dealkylation sites (tertiary alicyclic amines) is 1. The summed E-state index contributed by atoms with van der Waals surface area (Å²) in [5.74, 6) is 0.167. The lowest BCUT2D eigenvalue weighted by Gasteiger charge is -2.42. The Morgan fingerprint density at radius 2 is 1.88 bits per heavy atom. The normalized spacial score (nSPS) is 24.6. The van der Waals surface area contributed by atoms with Gasteiger partial charge in [-0.1, -0.05) is 30.3 Å². The quantitative estimate of drug-likeness (QED) is 0.856. The molecule has 0 aliphatic carbocycles. The number of nitrogens with zero attached hydrogens (tertiary/aromatic N) is 3. The Kier molecular flexibility index (Phi) is 5.71. The maximum atomic E-state index is 12.8. The predicted octanol–water partition coefficient (Wildman–Crippen LogP) is 0.355. The third kappa shape index (κ3) is 4.58. The lowest BCUT2D eigenvalue weighted by molar-refractivity contribution is -0.142. The van der Waals surface area contributed by atoms with E-state index < -0.39 is 0 Å². The first-order valence-corrected chi connectivity index (χ1v) is 9.02. The minimum atomic E-state index is -0.277.